The lowest BCUT2D eigenvalue weighted by atomic mass is 10.0. The molecule has 19 heavy (non-hydrogen) atoms. The second kappa shape index (κ2) is 5.67. The fraction of sp³-hybridized carbons (Fsp3) is 0.462. The molecule has 0 aromatic heterocycles. The highest BCUT2D eigenvalue weighted by Gasteiger charge is 2.29. The van der Waals surface area contributed by atoms with E-state index in [2.05, 4.69) is 0 Å². The van der Waals surface area contributed by atoms with Crippen molar-refractivity contribution in [2.75, 3.05) is 25.7 Å². The van der Waals surface area contributed by atoms with Crippen LogP contribution in [0.15, 0.2) is 12.1 Å². The fourth-order valence-electron chi connectivity index (χ4n) is 2.20. The number of hydrogen-bond donors (Lipinski definition) is 1. The number of nitrogens with zero attached hydrogens (tertiary/aromatic N) is 1. The molecule has 1 aromatic rings. The first-order valence-electron chi connectivity index (χ1n) is 6.07. The van der Waals surface area contributed by atoms with E-state index in [4.69, 9.17) is 26.8 Å². The van der Waals surface area contributed by atoms with E-state index in [0.29, 0.717) is 35.2 Å². The van der Waals surface area contributed by atoms with E-state index in [1.165, 1.54) is 7.11 Å². The van der Waals surface area contributed by atoms with Crippen molar-refractivity contribution in [1.82, 2.24) is 0 Å². The molecule has 1 saturated heterocycles. The van der Waals surface area contributed by atoms with Gasteiger partial charge in [-0.05, 0) is 18.9 Å². The molecule has 1 amide bonds. The molecule has 0 saturated carbocycles. The molecule has 1 aliphatic heterocycles. The summed E-state index contributed by atoms with van der Waals surface area (Å²) in [5.74, 6) is 0.950. The molecule has 6 heteroatoms. The van der Waals surface area contributed by atoms with Gasteiger partial charge in [0.05, 0.1) is 31.0 Å². The average molecular weight is 285 g/mol. The topological polar surface area (TPSA) is 64.8 Å². The molecule has 104 valence electrons. The highest BCUT2D eigenvalue weighted by atomic mass is 35.5. The van der Waals surface area contributed by atoms with E-state index in [9.17, 15) is 4.79 Å². The zero-order valence-electron chi connectivity index (χ0n) is 11.0. The Bertz CT molecular complexity index is 493. The van der Waals surface area contributed by atoms with Gasteiger partial charge in [-0.15, -0.1) is 0 Å². The molecule has 2 rings (SSSR count). The molecule has 5 nitrogen and oxygen atoms in total. The van der Waals surface area contributed by atoms with Crippen molar-refractivity contribution in [3.8, 4) is 11.5 Å². The molecule has 1 fully saturated rings. The van der Waals surface area contributed by atoms with Gasteiger partial charge < -0.3 is 20.1 Å². The molecule has 1 atom stereocenters. The maximum Gasteiger partial charge on any atom is 0.244 e. The van der Waals surface area contributed by atoms with E-state index in [1.54, 1.807) is 24.1 Å². The van der Waals surface area contributed by atoms with Crippen molar-refractivity contribution >= 4 is 23.2 Å². The molecule has 1 aliphatic rings. The summed E-state index contributed by atoms with van der Waals surface area (Å²) in [4.78, 5) is 13.8. The van der Waals surface area contributed by atoms with E-state index in [1.807, 2.05) is 0 Å². The van der Waals surface area contributed by atoms with Crippen LogP contribution in [0.1, 0.15) is 12.8 Å². The Hall–Kier alpha value is -1.46. The number of nitrogens with two attached hydrogens (primary N) is 1. The van der Waals surface area contributed by atoms with Gasteiger partial charge in [0.15, 0.2) is 0 Å². The number of carbonyl (C=O) groups is 1. The molecule has 2 N–H and O–H groups in total. The summed E-state index contributed by atoms with van der Waals surface area (Å²) >= 11 is 6.11. The second-order valence-corrected chi connectivity index (χ2v) is 4.80. The first kappa shape index (κ1) is 14.0. The molecule has 0 aliphatic carbocycles. The SMILES string of the molecule is COc1cc(OC)c(N2CCCC(N)C2=O)cc1Cl. The Labute approximate surface area is 117 Å². The molecular formula is C13H17ClN2O3. The van der Waals surface area contributed by atoms with E-state index < -0.39 is 6.04 Å². The zero-order valence-corrected chi connectivity index (χ0v) is 11.7. The fourth-order valence-corrected chi connectivity index (χ4v) is 2.43. The summed E-state index contributed by atoms with van der Waals surface area (Å²) in [5, 5.41) is 0.435. The number of ether oxygens (including phenoxy) is 2. The Morgan fingerprint density at radius 3 is 2.63 bits per heavy atom. The van der Waals surface area contributed by atoms with Crippen molar-refractivity contribution in [2.24, 2.45) is 5.73 Å². The third-order valence-electron chi connectivity index (χ3n) is 3.22. The summed E-state index contributed by atoms with van der Waals surface area (Å²) in [7, 11) is 3.07. The smallest absolute Gasteiger partial charge is 0.244 e. The lowest BCUT2D eigenvalue weighted by molar-refractivity contribution is -0.120. The lowest BCUT2D eigenvalue weighted by Crippen LogP contribution is -2.48. The van der Waals surface area contributed by atoms with Crippen LogP contribution in [0.3, 0.4) is 0 Å². The summed E-state index contributed by atoms with van der Waals surface area (Å²) in [6, 6.07) is 2.89. The van der Waals surface area contributed by atoms with Gasteiger partial charge in [-0.1, -0.05) is 11.6 Å². The van der Waals surface area contributed by atoms with Crippen LogP contribution in [0.2, 0.25) is 5.02 Å². The van der Waals surface area contributed by atoms with E-state index in [-0.39, 0.29) is 5.91 Å². The Morgan fingerprint density at radius 2 is 2.00 bits per heavy atom. The predicted octanol–water partition coefficient (Wildman–Crippen LogP) is 1.81. The maximum absolute atomic E-state index is 12.1. The Kier molecular flexibility index (Phi) is 4.17. The number of hydrogen-bond acceptors (Lipinski definition) is 4. The van der Waals surface area contributed by atoms with Crippen LogP contribution in [-0.4, -0.2) is 32.7 Å². The predicted molar refractivity (Wildman–Crippen MR) is 74.1 cm³/mol. The lowest BCUT2D eigenvalue weighted by Gasteiger charge is -2.31. The summed E-state index contributed by atoms with van der Waals surface area (Å²) < 4.78 is 10.4. The molecule has 0 spiro atoms. The highest BCUT2D eigenvalue weighted by molar-refractivity contribution is 6.32. The van der Waals surface area contributed by atoms with Crippen molar-refractivity contribution in [3.05, 3.63) is 17.2 Å². The minimum atomic E-state index is -0.459. The number of piperidine rings is 1. The molecule has 1 heterocycles. The van der Waals surface area contributed by atoms with Gasteiger partial charge >= 0.3 is 0 Å². The zero-order chi connectivity index (χ0) is 14.0. The van der Waals surface area contributed by atoms with Crippen LogP contribution in [0.4, 0.5) is 5.69 Å². The number of benzene rings is 1. The number of halogens is 1. The molecule has 1 unspecified atom stereocenters. The van der Waals surface area contributed by atoms with Crippen LogP contribution in [0.5, 0.6) is 11.5 Å². The van der Waals surface area contributed by atoms with Crippen molar-refractivity contribution in [2.45, 2.75) is 18.9 Å². The summed E-state index contributed by atoms with van der Waals surface area (Å²) in [6.07, 6.45) is 1.57. The molecule has 0 radical (unpaired) electrons. The quantitative estimate of drug-likeness (QED) is 0.919. The summed E-state index contributed by atoms with van der Waals surface area (Å²) in [6.45, 7) is 0.617. The van der Waals surface area contributed by atoms with Crippen LogP contribution in [0.25, 0.3) is 0 Å². The third-order valence-corrected chi connectivity index (χ3v) is 3.52. The average Bonchev–Trinajstić information content (AvgIpc) is 2.41. The number of amides is 1. The highest BCUT2D eigenvalue weighted by Crippen LogP contribution is 2.39. The van der Waals surface area contributed by atoms with Gasteiger partial charge in [0.2, 0.25) is 5.91 Å². The van der Waals surface area contributed by atoms with E-state index in [0.717, 1.165) is 6.42 Å². The van der Waals surface area contributed by atoms with E-state index >= 15 is 0 Å². The monoisotopic (exact) mass is 284 g/mol. The van der Waals surface area contributed by atoms with Crippen molar-refractivity contribution in [1.29, 1.82) is 0 Å². The van der Waals surface area contributed by atoms with Gasteiger partial charge in [-0.3, -0.25) is 4.79 Å². The third kappa shape index (κ3) is 2.62. The number of carbonyl (C=O) groups excluding carboxylic acids is 1. The number of methoxy groups -OCH3 is 2. The van der Waals surface area contributed by atoms with Crippen LogP contribution in [0, 0.1) is 0 Å². The second-order valence-electron chi connectivity index (χ2n) is 4.40. The minimum absolute atomic E-state index is 0.106. The van der Waals surface area contributed by atoms with Gasteiger partial charge in [0.25, 0.3) is 0 Å². The number of anilines is 1. The first-order valence-corrected chi connectivity index (χ1v) is 6.44. The Balaban J connectivity index is 2.43. The number of rotatable bonds is 3. The van der Waals surface area contributed by atoms with Crippen LogP contribution < -0.4 is 20.1 Å². The van der Waals surface area contributed by atoms with Crippen LogP contribution in [-0.2, 0) is 4.79 Å². The normalized spacial score (nSPS) is 19.5. The first-order chi connectivity index (χ1) is 9.08. The van der Waals surface area contributed by atoms with Crippen molar-refractivity contribution < 1.29 is 14.3 Å². The van der Waals surface area contributed by atoms with Gasteiger partial charge in [-0.2, -0.15) is 0 Å². The van der Waals surface area contributed by atoms with Gasteiger partial charge in [-0.25, -0.2) is 0 Å². The van der Waals surface area contributed by atoms with Gasteiger partial charge in [0.1, 0.15) is 11.5 Å². The Morgan fingerprint density at radius 1 is 1.32 bits per heavy atom. The molecule has 0 bridgehead atoms. The largest absolute Gasteiger partial charge is 0.495 e. The maximum atomic E-state index is 12.1. The molecular weight excluding hydrogens is 268 g/mol. The van der Waals surface area contributed by atoms with Gasteiger partial charge in [0, 0.05) is 12.6 Å². The minimum Gasteiger partial charge on any atom is -0.495 e. The molecule has 1 aromatic carbocycles. The van der Waals surface area contributed by atoms with Crippen molar-refractivity contribution in [3.63, 3.8) is 0 Å². The standard InChI is InChI=1S/C13H17ClN2O3/c1-18-11-7-12(19-2)10(6-8(11)14)16-5-3-4-9(15)13(16)17/h6-7,9H,3-5,15H2,1-2H3. The summed E-state index contributed by atoms with van der Waals surface area (Å²) in [5.41, 5.74) is 6.43. The van der Waals surface area contributed by atoms with Crippen LogP contribution >= 0.6 is 11.6 Å².